The van der Waals surface area contributed by atoms with Crippen molar-refractivity contribution in [3.8, 4) is 0 Å². The third-order valence-electron chi connectivity index (χ3n) is 6.89. The summed E-state index contributed by atoms with van der Waals surface area (Å²) in [5.41, 5.74) is 2.85. The van der Waals surface area contributed by atoms with E-state index in [4.69, 9.17) is 0 Å². The first-order valence-electron chi connectivity index (χ1n) is 12.1. The molecule has 2 amide bonds. The van der Waals surface area contributed by atoms with Crippen LogP contribution in [0.2, 0.25) is 0 Å². The van der Waals surface area contributed by atoms with E-state index in [0.717, 1.165) is 24.1 Å². The third kappa shape index (κ3) is 4.69. The molecule has 0 bridgehead atoms. The van der Waals surface area contributed by atoms with Crippen LogP contribution in [0.15, 0.2) is 64.2 Å². The van der Waals surface area contributed by atoms with Gasteiger partial charge in [-0.2, -0.15) is 0 Å². The predicted octanol–water partition coefficient (Wildman–Crippen LogP) is 2.06. The van der Waals surface area contributed by atoms with E-state index in [0.29, 0.717) is 62.3 Å². The Morgan fingerprint density at radius 1 is 0.771 bits per heavy atom. The van der Waals surface area contributed by atoms with Gasteiger partial charge in [0.1, 0.15) is 0 Å². The number of aromatic nitrogens is 2. The molecule has 180 valence electrons. The van der Waals surface area contributed by atoms with Crippen LogP contribution in [-0.4, -0.2) is 57.3 Å². The fourth-order valence-corrected chi connectivity index (χ4v) is 5.01. The van der Waals surface area contributed by atoms with Crippen molar-refractivity contribution >= 4 is 11.8 Å². The molecule has 1 aliphatic carbocycles. The summed E-state index contributed by atoms with van der Waals surface area (Å²) >= 11 is 0. The number of hydrogen-bond acceptors (Lipinski definition) is 4. The summed E-state index contributed by atoms with van der Waals surface area (Å²) in [6.45, 7) is 2.21. The van der Waals surface area contributed by atoms with E-state index in [9.17, 15) is 19.2 Å². The average Bonchev–Trinajstić information content (AvgIpc) is 2.91. The minimum absolute atomic E-state index is 0.0191. The molecule has 3 aromatic rings. The molecular weight excluding hydrogens is 444 g/mol. The summed E-state index contributed by atoms with van der Waals surface area (Å²) < 4.78 is 1.63. The molecule has 1 N–H and O–H groups in total. The monoisotopic (exact) mass is 472 g/mol. The summed E-state index contributed by atoms with van der Waals surface area (Å²) in [4.78, 5) is 56.7. The highest BCUT2D eigenvalue weighted by molar-refractivity contribution is 5.96. The lowest BCUT2D eigenvalue weighted by molar-refractivity contribution is 0.0535. The SMILES string of the molecule is O=C(c1ccccc1)N1CCN(C(=O)c2cccc(Cn3c4c(c(=O)[nH]c3=O)CCCC4)c2)CC1. The fourth-order valence-electron chi connectivity index (χ4n) is 5.01. The summed E-state index contributed by atoms with van der Waals surface area (Å²) in [7, 11) is 0. The second-order valence-electron chi connectivity index (χ2n) is 9.13. The Balaban J connectivity index is 1.29. The largest absolute Gasteiger partial charge is 0.335 e. The van der Waals surface area contributed by atoms with Gasteiger partial charge in [-0.15, -0.1) is 0 Å². The predicted molar refractivity (Wildman–Crippen MR) is 132 cm³/mol. The Labute approximate surface area is 202 Å². The molecule has 35 heavy (non-hydrogen) atoms. The second-order valence-corrected chi connectivity index (χ2v) is 9.13. The van der Waals surface area contributed by atoms with Gasteiger partial charge in [0.25, 0.3) is 17.4 Å². The number of amides is 2. The zero-order valence-electron chi connectivity index (χ0n) is 19.5. The number of piperazine rings is 1. The highest BCUT2D eigenvalue weighted by Gasteiger charge is 2.26. The summed E-state index contributed by atoms with van der Waals surface area (Å²) in [6, 6.07) is 16.5. The van der Waals surface area contributed by atoms with Crippen molar-refractivity contribution < 1.29 is 9.59 Å². The van der Waals surface area contributed by atoms with E-state index in [1.807, 2.05) is 36.4 Å². The molecule has 0 atom stereocenters. The maximum atomic E-state index is 13.2. The van der Waals surface area contributed by atoms with Crippen LogP contribution >= 0.6 is 0 Å². The van der Waals surface area contributed by atoms with E-state index in [1.165, 1.54) is 0 Å². The van der Waals surface area contributed by atoms with Crippen LogP contribution in [0.25, 0.3) is 0 Å². The normalized spacial score (nSPS) is 15.5. The number of nitrogens with zero attached hydrogens (tertiary/aromatic N) is 3. The molecule has 0 radical (unpaired) electrons. The lowest BCUT2D eigenvalue weighted by atomic mass is 9.96. The van der Waals surface area contributed by atoms with Crippen molar-refractivity contribution in [1.82, 2.24) is 19.4 Å². The number of rotatable bonds is 4. The number of carbonyl (C=O) groups excluding carboxylic acids is 2. The average molecular weight is 473 g/mol. The number of carbonyl (C=O) groups is 2. The first-order valence-corrected chi connectivity index (χ1v) is 12.1. The van der Waals surface area contributed by atoms with E-state index >= 15 is 0 Å². The highest BCUT2D eigenvalue weighted by atomic mass is 16.2. The number of hydrogen-bond donors (Lipinski definition) is 1. The number of fused-ring (bicyclic) bond motifs is 1. The molecule has 0 unspecified atom stereocenters. The molecule has 2 heterocycles. The maximum absolute atomic E-state index is 13.2. The third-order valence-corrected chi connectivity index (χ3v) is 6.89. The number of H-pyrrole nitrogens is 1. The Hall–Kier alpha value is -3.94. The van der Waals surface area contributed by atoms with Gasteiger partial charge in [0, 0.05) is 48.6 Å². The molecule has 8 nitrogen and oxygen atoms in total. The van der Waals surface area contributed by atoms with Crippen molar-refractivity contribution in [2.24, 2.45) is 0 Å². The van der Waals surface area contributed by atoms with Gasteiger partial charge in [-0.25, -0.2) is 4.79 Å². The van der Waals surface area contributed by atoms with Crippen molar-refractivity contribution in [3.05, 3.63) is 103 Å². The first-order chi connectivity index (χ1) is 17.0. The van der Waals surface area contributed by atoms with E-state index in [-0.39, 0.29) is 17.4 Å². The lowest BCUT2D eigenvalue weighted by Gasteiger charge is -2.35. The number of nitrogens with one attached hydrogen (secondary N) is 1. The minimum atomic E-state index is -0.411. The Morgan fingerprint density at radius 3 is 2.11 bits per heavy atom. The van der Waals surface area contributed by atoms with E-state index in [2.05, 4.69) is 4.98 Å². The Morgan fingerprint density at radius 2 is 1.40 bits per heavy atom. The smallest absolute Gasteiger partial charge is 0.328 e. The van der Waals surface area contributed by atoms with Crippen molar-refractivity contribution in [2.75, 3.05) is 26.2 Å². The second kappa shape index (κ2) is 9.74. The summed E-state index contributed by atoms with van der Waals surface area (Å²) in [6.07, 6.45) is 3.29. The topological polar surface area (TPSA) is 95.5 Å². The highest BCUT2D eigenvalue weighted by Crippen LogP contribution is 2.18. The van der Waals surface area contributed by atoms with Crippen molar-refractivity contribution in [3.63, 3.8) is 0 Å². The van der Waals surface area contributed by atoms with Crippen LogP contribution in [0.1, 0.15) is 50.4 Å². The molecule has 5 rings (SSSR count). The van der Waals surface area contributed by atoms with Gasteiger partial charge in [0.05, 0.1) is 6.54 Å². The molecular formula is C27H28N4O4. The molecule has 1 aliphatic heterocycles. The van der Waals surface area contributed by atoms with Crippen LogP contribution in [-0.2, 0) is 19.4 Å². The molecule has 2 aliphatic rings. The molecule has 1 fully saturated rings. The van der Waals surface area contributed by atoms with E-state index < -0.39 is 5.69 Å². The van der Waals surface area contributed by atoms with Gasteiger partial charge in [-0.1, -0.05) is 30.3 Å². The Kier molecular flexibility index (Phi) is 6.35. The maximum Gasteiger partial charge on any atom is 0.328 e. The van der Waals surface area contributed by atoms with Crippen LogP contribution in [0.4, 0.5) is 0 Å². The van der Waals surface area contributed by atoms with Crippen LogP contribution in [0, 0.1) is 0 Å². The van der Waals surface area contributed by atoms with Gasteiger partial charge in [0.2, 0.25) is 0 Å². The standard InChI is InChI=1S/C27H28N4O4/c32-24-22-11-4-5-12-23(22)31(27(35)28-24)18-19-7-6-10-21(17-19)26(34)30-15-13-29(14-16-30)25(33)20-8-2-1-3-9-20/h1-3,6-10,17H,4-5,11-16,18H2,(H,28,32,35). The summed E-state index contributed by atoms with van der Waals surface area (Å²) in [5.74, 6) is -0.108. The number of aromatic amines is 1. The van der Waals surface area contributed by atoms with Gasteiger partial charge in [-0.3, -0.25) is 23.9 Å². The van der Waals surface area contributed by atoms with E-state index in [1.54, 1.807) is 32.6 Å². The van der Waals surface area contributed by atoms with Crippen molar-refractivity contribution in [2.45, 2.75) is 32.2 Å². The first kappa shape index (κ1) is 22.8. The van der Waals surface area contributed by atoms with Gasteiger partial charge in [-0.05, 0) is 55.5 Å². The number of benzene rings is 2. The molecule has 0 saturated carbocycles. The molecule has 8 heteroatoms. The summed E-state index contributed by atoms with van der Waals surface area (Å²) in [5, 5.41) is 0. The van der Waals surface area contributed by atoms with Crippen LogP contribution in [0.3, 0.4) is 0 Å². The zero-order chi connectivity index (χ0) is 24.4. The van der Waals surface area contributed by atoms with Crippen LogP contribution < -0.4 is 11.2 Å². The molecule has 0 spiro atoms. The van der Waals surface area contributed by atoms with Crippen molar-refractivity contribution in [1.29, 1.82) is 0 Å². The molecule has 1 saturated heterocycles. The zero-order valence-corrected chi connectivity index (χ0v) is 19.5. The van der Waals surface area contributed by atoms with Crippen LogP contribution in [0.5, 0.6) is 0 Å². The van der Waals surface area contributed by atoms with Gasteiger partial charge >= 0.3 is 5.69 Å². The van der Waals surface area contributed by atoms with Gasteiger partial charge in [0.15, 0.2) is 0 Å². The fraction of sp³-hybridized carbons (Fsp3) is 0.333. The van der Waals surface area contributed by atoms with Gasteiger partial charge < -0.3 is 9.80 Å². The molecule has 1 aromatic heterocycles. The minimum Gasteiger partial charge on any atom is -0.335 e. The lowest BCUT2D eigenvalue weighted by Crippen LogP contribution is -2.50. The quantitative estimate of drug-likeness (QED) is 0.629. The Bertz CT molecular complexity index is 1370. The molecule has 2 aromatic carbocycles.